The molecule has 0 aliphatic heterocycles. The zero-order valence-electron chi connectivity index (χ0n) is 50.8. The summed E-state index contributed by atoms with van der Waals surface area (Å²) in [4.78, 5) is 38.3. The molecule has 0 amide bonds. The van der Waals surface area contributed by atoms with Crippen molar-refractivity contribution in [2.45, 2.75) is 386 Å². The first-order valence-corrected chi connectivity index (χ1v) is 33.8. The lowest BCUT2D eigenvalue weighted by atomic mass is 10.0. The van der Waals surface area contributed by atoms with Crippen LogP contribution in [0.2, 0.25) is 0 Å². The lowest BCUT2D eigenvalue weighted by Gasteiger charge is -2.18. The summed E-state index contributed by atoms with van der Waals surface area (Å²) in [5.74, 6) is -0.851. The highest BCUT2D eigenvalue weighted by Gasteiger charge is 2.19. The van der Waals surface area contributed by atoms with Crippen molar-refractivity contribution in [1.82, 2.24) is 0 Å². The maximum atomic E-state index is 12.9. The van der Waals surface area contributed by atoms with Gasteiger partial charge in [0.2, 0.25) is 0 Å². The number of hydrogen-bond donors (Lipinski definition) is 0. The second-order valence-electron chi connectivity index (χ2n) is 23.1. The quantitative estimate of drug-likeness (QED) is 0.0261. The van der Waals surface area contributed by atoms with Crippen LogP contribution in [-0.4, -0.2) is 37.2 Å². The molecule has 0 aromatic carbocycles. The molecule has 0 heterocycles. The molecule has 0 rings (SSSR count). The lowest BCUT2D eigenvalue weighted by molar-refractivity contribution is -0.167. The van der Waals surface area contributed by atoms with E-state index < -0.39 is 6.10 Å². The Hall–Kier alpha value is -2.11. The zero-order valence-corrected chi connectivity index (χ0v) is 50.8. The molecule has 0 aromatic rings. The second kappa shape index (κ2) is 64.4. The minimum atomic E-state index is -0.772. The monoisotopic (exact) mass is 1050 g/mol. The van der Waals surface area contributed by atoms with E-state index >= 15 is 0 Å². The van der Waals surface area contributed by atoms with Gasteiger partial charge in [0.05, 0.1) is 0 Å². The number of hydrogen-bond acceptors (Lipinski definition) is 6. The fourth-order valence-corrected chi connectivity index (χ4v) is 10.3. The third kappa shape index (κ3) is 62.6. The molecule has 442 valence electrons. The molecule has 0 spiro atoms. The van der Waals surface area contributed by atoms with Crippen LogP contribution in [0.4, 0.5) is 0 Å². The van der Waals surface area contributed by atoms with Crippen LogP contribution in [0.15, 0.2) is 24.3 Å². The van der Waals surface area contributed by atoms with Gasteiger partial charge < -0.3 is 14.2 Å². The molecule has 1 atom stereocenters. The van der Waals surface area contributed by atoms with Gasteiger partial charge in [0.1, 0.15) is 13.2 Å². The van der Waals surface area contributed by atoms with E-state index in [1.54, 1.807) is 0 Å². The molecule has 6 nitrogen and oxygen atoms in total. The van der Waals surface area contributed by atoms with Crippen LogP contribution in [0.25, 0.3) is 0 Å². The van der Waals surface area contributed by atoms with Crippen molar-refractivity contribution in [3.8, 4) is 0 Å². The van der Waals surface area contributed by atoms with E-state index in [-0.39, 0.29) is 31.1 Å². The van der Waals surface area contributed by atoms with Crippen LogP contribution in [0.1, 0.15) is 380 Å². The first kappa shape index (κ1) is 72.9. The van der Waals surface area contributed by atoms with Gasteiger partial charge in [0.25, 0.3) is 0 Å². The fourth-order valence-electron chi connectivity index (χ4n) is 10.3. The molecule has 0 aliphatic rings. The number of esters is 3. The maximum Gasteiger partial charge on any atom is 0.306 e. The molecular formula is C69H130O6. The van der Waals surface area contributed by atoms with Gasteiger partial charge in [-0.15, -0.1) is 0 Å². The number of ether oxygens (including phenoxy) is 3. The van der Waals surface area contributed by atoms with Gasteiger partial charge >= 0.3 is 17.9 Å². The summed E-state index contributed by atoms with van der Waals surface area (Å²) in [6, 6.07) is 0. The molecule has 0 saturated carbocycles. The van der Waals surface area contributed by atoms with E-state index in [1.165, 1.54) is 276 Å². The molecule has 0 aliphatic carbocycles. The van der Waals surface area contributed by atoms with Gasteiger partial charge in [-0.3, -0.25) is 14.4 Å². The molecule has 0 fully saturated rings. The standard InChI is InChI=1S/C69H130O6/c1-4-7-10-13-16-19-22-25-27-29-31-33-35-37-38-40-42-44-47-50-53-56-59-62-68(71)74-65-66(64-73-67(70)61-58-55-52-49-46-24-21-18-15-12-9-6-3)75-69(72)63-60-57-54-51-48-45-43-41-39-36-34-32-30-28-26-23-20-17-14-11-8-5-2/h18,21,29,31,66H,4-17,19-20,22-28,30,32-65H2,1-3H3/b21-18-,31-29-. The Morgan fingerprint density at radius 2 is 0.440 bits per heavy atom. The normalized spacial score (nSPS) is 12.1. The van der Waals surface area contributed by atoms with E-state index in [4.69, 9.17) is 14.2 Å². The number of carbonyl (C=O) groups is 3. The highest BCUT2D eigenvalue weighted by molar-refractivity contribution is 5.71. The van der Waals surface area contributed by atoms with Crippen molar-refractivity contribution in [1.29, 1.82) is 0 Å². The summed E-state index contributed by atoms with van der Waals surface area (Å²) in [5.41, 5.74) is 0. The SMILES string of the molecule is CCCCC/C=C\CCCCCCCC(=O)OCC(COC(=O)CCCCCCCCCCCCC/C=C\CCCCCCCCCC)OC(=O)CCCCCCCCCCCCCCCCCCCCCCCC. The largest absolute Gasteiger partial charge is 0.462 e. The second-order valence-corrected chi connectivity index (χ2v) is 23.1. The van der Waals surface area contributed by atoms with Gasteiger partial charge in [-0.25, -0.2) is 0 Å². The van der Waals surface area contributed by atoms with Crippen molar-refractivity contribution in [3.63, 3.8) is 0 Å². The first-order valence-electron chi connectivity index (χ1n) is 33.8. The van der Waals surface area contributed by atoms with E-state index in [0.717, 1.165) is 64.2 Å². The predicted molar refractivity (Wildman–Crippen MR) is 326 cm³/mol. The van der Waals surface area contributed by atoms with Crippen molar-refractivity contribution in [2.24, 2.45) is 0 Å². The molecule has 6 heteroatoms. The third-order valence-corrected chi connectivity index (χ3v) is 15.4. The Balaban J connectivity index is 4.22. The van der Waals surface area contributed by atoms with Gasteiger partial charge in [-0.05, 0) is 70.6 Å². The summed E-state index contributed by atoms with van der Waals surface area (Å²) in [7, 11) is 0. The topological polar surface area (TPSA) is 78.9 Å². The van der Waals surface area contributed by atoms with Gasteiger partial charge in [-0.2, -0.15) is 0 Å². The van der Waals surface area contributed by atoms with E-state index in [1.807, 2.05) is 0 Å². The predicted octanol–water partition coefficient (Wildman–Crippen LogP) is 23.0. The van der Waals surface area contributed by atoms with Crippen LogP contribution in [0.5, 0.6) is 0 Å². The molecule has 0 aromatic heterocycles. The molecular weight excluding hydrogens is 925 g/mol. The van der Waals surface area contributed by atoms with E-state index in [9.17, 15) is 14.4 Å². The molecule has 0 radical (unpaired) electrons. The van der Waals surface area contributed by atoms with Gasteiger partial charge in [0, 0.05) is 19.3 Å². The Bertz CT molecular complexity index is 1210. The molecule has 1 unspecified atom stereocenters. The molecule has 0 N–H and O–H groups in total. The van der Waals surface area contributed by atoms with Crippen LogP contribution in [0, 0.1) is 0 Å². The number of allylic oxidation sites excluding steroid dienone is 4. The zero-order chi connectivity index (χ0) is 54.3. The van der Waals surface area contributed by atoms with Crippen molar-refractivity contribution >= 4 is 17.9 Å². The number of rotatable bonds is 63. The van der Waals surface area contributed by atoms with Crippen molar-refractivity contribution in [2.75, 3.05) is 13.2 Å². The summed E-state index contributed by atoms with van der Waals surface area (Å²) in [5, 5.41) is 0. The van der Waals surface area contributed by atoms with Crippen molar-refractivity contribution < 1.29 is 28.6 Å². The number of carbonyl (C=O) groups excluding carboxylic acids is 3. The van der Waals surface area contributed by atoms with Crippen LogP contribution >= 0.6 is 0 Å². The van der Waals surface area contributed by atoms with Crippen LogP contribution in [-0.2, 0) is 28.6 Å². The van der Waals surface area contributed by atoms with Gasteiger partial charge in [-0.1, -0.05) is 315 Å². The van der Waals surface area contributed by atoms with Crippen LogP contribution in [0.3, 0.4) is 0 Å². The van der Waals surface area contributed by atoms with E-state index in [0.29, 0.717) is 19.3 Å². The van der Waals surface area contributed by atoms with Crippen molar-refractivity contribution in [3.05, 3.63) is 24.3 Å². The minimum Gasteiger partial charge on any atom is -0.462 e. The molecule has 0 saturated heterocycles. The maximum absolute atomic E-state index is 12.9. The molecule has 75 heavy (non-hydrogen) atoms. The van der Waals surface area contributed by atoms with E-state index in [2.05, 4.69) is 45.1 Å². The smallest absolute Gasteiger partial charge is 0.306 e. The first-order chi connectivity index (χ1) is 37.0. The summed E-state index contributed by atoms with van der Waals surface area (Å²) >= 11 is 0. The summed E-state index contributed by atoms with van der Waals surface area (Å²) in [6.07, 6.45) is 77.7. The molecule has 0 bridgehead atoms. The average Bonchev–Trinajstić information content (AvgIpc) is 3.41. The Labute approximate surface area is 468 Å². The Kier molecular flexibility index (Phi) is 62.6. The number of unbranched alkanes of at least 4 members (excludes halogenated alkanes) is 48. The highest BCUT2D eigenvalue weighted by Crippen LogP contribution is 2.18. The summed E-state index contributed by atoms with van der Waals surface area (Å²) < 4.78 is 17.0. The fraction of sp³-hybridized carbons (Fsp3) is 0.899. The summed E-state index contributed by atoms with van der Waals surface area (Å²) in [6.45, 7) is 6.68. The highest BCUT2D eigenvalue weighted by atomic mass is 16.6. The lowest BCUT2D eigenvalue weighted by Crippen LogP contribution is -2.30. The van der Waals surface area contributed by atoms with Gasteiger partial charge in [0.15, 0.2) is 6.10 Å². The Morgan fingerprint density at radius 1 is 0.253 bits per heavy atom. The van der Waals surface area contributed by atoms with Crippen LogP contribution < -0.4 is 0 Å². The third-order valence-electron chi connectivity index (χ3n) is 15.4. The Morgan fingerprint density at radius 3 is 0.693 bits per heavy atom. The average molecular weight is 1060 g/mol. The minimum absolute atomic E-state index is 0.0691.